The highest BCUT2D eigenvalue weighted by Crippen LogP contribution is 2.65. The molecule has 0 aromatic carbocycles. The van der Waals surface area contributed by atoms with E-state index < -0.39 is 29.1 Å². The summed E-state index contributed by atoms with van der Waals surface area (Å²) in [5.41, 5.74) is -1.74. The predicted octanol–water partition coefficient (Wildman–Crippen LogP) is 1.21. The monoisotopic (exact) mass is 437 g/mol. The van der Waals surface area contributed by atoms with E-state index in [1.54, 1.807) is 11.9 Å². The van der Waals surface area contributed by atoms with Crippen molar-refractivity contribution in [2.45, 2.75) is 89.5 Å². The number of rotatable bonds is 10. The molecule has 0 aromatic rings. The fourth-order valence-corrected chi connectivity index (χ4v) is 6.23. The molecule has 3 saturated heterocycles. The van der Waals surface area contributed by atoms with Crippen LogP contribution in [0.1, 0.15) is 66.2 Å². The first kappa shape index (κ1) is 24.0. The van der Waals surface area contributed by atoms with Crippen LogP contribution < -0.4 is 10.6 Å². The number of likely N-dealkylation sites (tertiary alicyclic amines) is 1. The number of hydrogen-bond acceptors (Lipinski definition) is 5. The quantitative estimate of drug-likeness (QED) is 0.445. The second-order valence-corrected chi connectivity index (χ2v) is 9.83. The van der Waals surface area contributed by atoms with Crippen molar-refractivity contribution in [3.05, 3.63) is 0 Å². The molecule has 0 aromatic heterocycles. The summed E-state index contributed by atoms with van der Waals surface area (Å²) in [5.74, 6) is -1.75. The van der Waals surface area contributed by atoms with E-state index in [2.05, 4.69) is 17.6 Å². The lowest BCUT2D eigenvalue weighted by Gasteiger charge is -2.36. The number of carbonyl (C=O) groups excluding carboxylic acids is 3. The van der Waals surface area contributed by atoms with Crippen LogP contribution in [-0.4, -0.2) is 71.2 Å². The summed E-state index contributed by atoms with van der Waals surface area (Å²) in [4.78, 5) is 41.8. The van der Waals surface area contributed by atoms with E-state index >= 15 is 0 Å². The molecule has 3 heterocycles. The SMILES string of the molecule is CCCC(C)NC(=O)C1N(CCCCCO)C(=O)[C@@H]2[C@H](C(=O)NC)[C@@]3(C)OC12CC3C. The van der Waals surface area contributed by atoms with Gasteiger partial charge in [-0.25, -0.2) is 0 Å². The molecule has 3 N–H and O–H groups in total. The second kappa shape index (κ2) is 9.06. The number of nitrogens with zero attached hydrogens (tertiary/aromatic N) is 1. The van der Waals surface area contributed by atoms with Crippen molar-refractivity contribution in [2.75, 3.05) is 20.2 Å². The number of aliphatic hydroxyl groups is 1. The Balaban J connectivity index is 1.97. The van der Waals surface area contributed by atoms with Crippen LogP contribution in [0.4, 0.5) is 0 Å². The van der Waals surface area contributed by atoms with Crippen molar-refractivity contribution in [2.24, 2.45) is 17.8 Å². The Morgan fingerprint density at radius 2 is 2.00 bits per heavy atom. The van der Waals surface area contributed by atoms with Gasteiger partial charge in [0.2, 0.25) is 17.7 Å². The first-order chi connectivity index (χ1) is 14.7. The normalized spacial score (nSPS) is 37.1. The van der Waals surface area contributed by atoms with Gasteiger partial charge < -0.3 is 25.4 Å². The van der Waals surface area contributed by atoms with E-state index in [9.17, 15) is 14.4 Å². The van der Waals surface area contributed by atoms with Gasteiger partial charge in [0.1, 0.15) is 11.6 Å². The molecular weight excluding hydrogens is 398 g/mol. The highest BCUT2D eigenvalue weighted by molar-refractivity contribution is 5.99. The smallest absolute Gasteiger partial charge is 0.246 e. The van der Waals surface area contributed by atoms with E-state index in [1.807, 2.05) is 20.8 Å². The molecule has 8 heteroatoms. The lowest BCUT2D eigenvalue weighted by atomic mass is 9.62. The van der Waals surface area contributed by atoms with Crippen LogP contribution in [0.25, 0.3) is 0 Å². The summed E-state index contributed by atoms with van der Waals surface area (Å²) in [6, 6.07) is -0.738. The van der Waals surface area contributed by atoms with Gasteiger partial charge in [0, 0.05) is 26.2 Å². The molecule has 8 nitrogen and oxygen atoms in total. The lowest BCUT2D eigenvalue weighted by Crippen LogP contribution is -2.57. The molecule has 2 bridgehead atoms. The Labute approximate surface area is 185 Å². The van der Waals surface area contributed by atoms with Gasteiger partial charge in [-0.1, -0.05) is 20.3 Å². The maximum absolute atomic E-state index is 13.7. The number of amides is 3. The zero-order valence-electron chi connectivity index (χ0n) is 19.6. The first-order valence-corrected chi connectivity index (χ1v) is 11.8. The molecule has 3 aliphatic heterocycles. The zero-order valence-corrected chi connectivity index (χ0v) is 19.6. The fraction of sp³-hybridized carbons (Fsp3) is 0.870. The number of carbonyl (C=O) groups is 3. The number of hydrogen-bond donors (Lipinski definition) is 3. The summed E-state index contributed by atoms with van der Waals surface area (Å²) in [6.45, 7) is 8.54. The molecule has 1 spiro atoms. The Kier molecular flexibility index (Phi) is 7.01. The summed E-state index contributed by atoms with van der Waals surface area (Å²) >= 11 is 0. The van der Waals surface area contributed by atoms with Gasteiger partial charge in [0.15, 0.2) is 0 Å². The number of fused-ring (bicyclic) bond motifs is 1. The minimum atomic E-state index is -0.977. The number of nitrogens with one attached hydrogen (secondary N) is 2. The number of aliphatic hydroxyl groups excluding tert-OH is 1. The van der Waals surface area contributed by atoms with Crippen molar-refractivity contribution in [3.63, 3.8) is 0 Å². The summed E-state index contributed by atoms with van der Waals surface area (Å²) in [7, 11) is 1.58. The van der Waals surface area contributed by atoms with E-state index in [0.29, 0.717) is 25.8 Å². The minimum Gasteiger partial charge on any atom is -0.396 e. The van der Waals surface area contributed by atoms with Crippen LogP contribution in [0.2, 0.25) is 0 Å². The fourth-order valence-electron chi connectivity index (χ4n) is 6.23. The molecule has 3 fully saturated rings. The van der Waals surface area contributed by atoms with Gasteiger partial charge in [-0.05, 0) is 51.9 Å². The molecule has 3 rings (SSSR count). The van der Waals surface area contributed by atoms with E-state index in [1.165, 1.54) is 0 Å². The maximum Gasteiger partial charge on any atom is 0.246 e. The Morgan fingerprint density at radius 3 is 2.61 bits per heavy atom. The highest BCUT2D eigenvalue weighted by Gasteiger charge is 2.79. The minimum absolute atomic E-state index is 0.000594. The molecule has 0 radical (unpaired) electrons. The Hall–Kier alpha value is -1.67. The standard InChI is InChI=1S/C23H39N3O5/c1-6-10-15(3)25-20(29)18-23-13-14(2)22(4,31-23)16(19(28)24-5)17(23)21(30)26(18)11-8-7-9-12-27/h14-18,27H,6-13H2,1-5H3,(H,24,28)(H,25,29)/t14?,15?,16-,17+,18?,22+,23?/m1/s1. The van der Waals surface area contributed by atoms with E-state index in [0.717, 1.165) is 19.3 Å². The van der Waals surface area contributed by atoms with Crippen LogP contribution in [0, 0.1) is 17.8 Å². The number of unbranched alkanes of at least 4 members (excludes halogenated alkanes) is 2. The Morgan fingerprint density at radius 1 is 1.29 bits per heavy atom. The predicted molar refractivity (Wildman–Crippen MR) is 116 cm³/mol. The molecule has 3 amide bonds. The van der Waals surface area contributed by atoms with Crippen molar-refractivity contribution < 1.29 is 24.2 Å². The van der Waals surface area contributed by atoms with Crippen molar-refractivity contribution in [1.82, 2.24) is 15.5 Å². The highest BCUT2D eigenvalue weighted by atomic mass is 16.5. The zero-order chi connectivity index (χ0) is 23.0. The molecule has 0 saturated carbocycles. The van der Waals surface area contributed by atoms with Gasteiger partial charge in [0.25, 0.3) is 0 Å². The maximum atomic E-state index is 13.7. The summed E-state index contributed by atoms with van der Waals surface area (Å²) < 4.78 is 6.60. The van der Waals surface area contributed by atoms with E-state index in [4.69, 9.17) is 9.84 Å². The van der Waals surface area contributed by atoms with Crippen LogP contribution in [0.5, 0.6) is 0 Å². The molecule has 176 valence electrons. The van der Waals surface area contributed by atoms with Gasteiger partial charge >= 0.3 is 0 Å². The lowest BCUT2D eigenvalue weighted by molar-refractivity contribution is -0.147. The average molecular weight is 438 g/mol. The third-order valence-corrected chi connectivity index (χ3v) is 7.76. The van der Waals surface area contributed by atoms with E-state index in [-0.39, 0.29) is 36.3 Å². The first-order valence-electron chi connectivity index (χ1n) is 11.8. The summed E-state index contributed by atoms with van der Waals surface area (Å²) in [6.07, 6.45) is 4.52. The van der Waals surface area contributed by atoms with Crippen molar-refractivity contribution in [3.8, 4) is 0 Å². The third kappa shape index (κ3) is 3.75. The average Bonchev–Trinajstić information content (AvgIpc) is 3.22. The molecule has 4 unspecified atom stereocenters. The molecule has 31 heavy (non-hydrogen) atoms. The van der Waals surface area contributed by atoms with Crippen molar-refractivity contribution in [1.29, 1.82) is 0 Å². The summed E-state index contributed by atoms with van der Waals surface area (Å²) in [5, 5.41) is 14.9. The van der Waals surface area contributed by atoms with Gasteiger partial charge in [-0.15, -0.1) is 0 Å². The molecular formula is C23H39N3O5. The van der Waals surface area contributed by atoms with Crippen molar-refractivity contribution >= 4 is 17.7 Å². The van der Waals surface area contributed by atoms with Crippen LogP contribution in [-0.2, 0) is 19.1 Å². The number of ether oxygens (including phenoxy) is 1. The second-order valence-electron chi connectivity index (χ2n) is 9.83. The third-order valence-electron chi connectivity index (χ3n) is 7.76. The molecule has 3 aliphatic rings. The molecule has 0 aliphatic carbocycles. The van der Waals surface area contributed by atoms with Gasteiger partial charge in [0.05, 0.1) is 17.4 Å². The van der Waals surface area contributed by atoms with Gasteiger partial charge in [-0.3, -0.25) is 14.4 Å². The van der Waals surface area contributed by atoms with Crippen LogP contribution in [0.15, 0.2) is 0 Å². The topological polar surface area (TPSA) is 108 Å². The van der Waals surface area contributed by atoms with Crippen LogP contribution >= 0.6 is 0 Å². The largest absolute Gasteiger partial charge is 0.396 e. The molecule has 7 atom stereocenters. The van der Waals surface area contributed by atoms with Crippen LogP contribution in [0.3, 0.4) is 0 Å². The Bertz CT molecular complexity index is 715. The van der Waals surface area contributed by atoms with Gasteiger partial charge in [-0.2, -0.15) is 0 Å².